The molecule has 4 heteroatoms. The highest BCUT2D eigenvalue weighted by Gasteiger charge is 2.16. The van der Waals surface area contributed by atoms with Gasteiger partial charge in [0.05, 0.1) is 11.1 Å². The van der Waals surface area contributed by atoms with E-state index in [-0.39, 0.29) is 5.28 Å². The van der Waals surface area contributed by atoms with Crippen molar-refractivity contribution in [3.63, 3.8) is 0 Å². The topological polar surface area (TPSA) is 38.9 Å². The van der Waals surface area contributed by atoms with Gasteiger partial charge in [-0.3, -0.25) is 0 Å². The highest BCUT2D eigenvalue weighted by atomic mass is 35.5. The Hall–Kier alpha value is -3.17. The molecule has 0 aliphatic heterocycles. The fraction of sp³-hybridized carbons (Fsp3) is 0. The summed E-state index contributed by atoms with van der Waals surface area (Å²) >= 11 is 6.15. The molecule has 124 valence electrons. The van der Waals surface area contributed by atoms with Gasteiger partial charge in [-0.05, 0) is 28.8 Å². The second kappa shape index (κ2) is 5.97. The predicted molar refractivity (Wildman–Crippen MR) is 105 cm³/mol. The van der Waals surface area contributed by atoms with E-state index >= 15 is 0 Å². The highest BCUT2D eigenvalue weighted by Crippen LogP contribution is 2.35. The van der Waals surface area contributed by atoms with Crippen LogP contribution in [-0.2, 0) is 0 Å². The monoisotopic (exact) mass is 356 g/mol. The van der Waals surface area contributed by atoms with Crippen LogP contribution in [0, 0.1) is 0 Å². The Kier molecular flexibility index (Phi) is 3.47. The van der Waals surface area contributed by atoms with E-state index in [2.05, 4.69) is 46.4 Å². The van der Waals surface area contributed by atoms with Crippen LogP contribution in [0.2, 0.25) is 5.28 Å². The quantitative estimate of drug-likeness (QED) is 0.345. The summed E-state index contributed by atoms with van der Waals surface area (Å²) in [5.74, 6) is 0. The molecule has 0 atom stereocenters. The summed E-state index contributed by atoms with van der Waals surface area (Å²) in [5, 5.41) is 2.05. The third kappa shape index (κ3) is 2.45. The van der Waals surface area contributed by atoms with E-state index < -0.39 is 0 Å². The summed E-state index contributed by atoms with van der Waals surface area (Å²) in [6.45, 7) is 0. The molecule has 0 saturated carbocycles. The first-order chi connectivity index (χ1) is 12.8. The van der Waals surface area contributed by atoms with E-state index in [1.165, 1.54) is 5.56 Å². The van der Waals surface area contributed by atoms with Crippen LogP contribution in [0.5, 0.6) is 0 Å². The lowest BCUT2D eigenvalue weighted by Gasteiger charge is -2.06. The van der Waals surface area contributed by atoms with Crippen molar-refractivity contribution < 1.29 is 4.42 Å². The van der Waals surface area contributed by atoms with Gasteiger partial charge in [0.25, 0.3) is 0 Å². The minimum absolute atomic E-state index is 0.179. The maximum Gasteiger partial charge on any atom is 0.232 e. The lowest BCUT2D eigenvalue weighted by molar-refractivity contribution is 0.653. The summed E-state index contributed by atoms with van der Waals surface area (Å²) in [5.41, 5.74) is 5.38. The zero-order valence-corrected chi connectivity index (χ0v) is 14.4. The molecule has 0 spiro atoms. The van der Waals surface area contributed by atoms with Gasteiger partial charge in [-0.1, -0.05) is 72.8 Å². The maximum absolute atomic E-state index is 6.15. The predicted octanol–water partition coefficient (Wildman–Crippen LogP) is 6.36. The van der Waals surface area contributed by atoms with Crippen LogP contribution in [0.3, 0.4) is 0 Å². The van der Waals surface area contributed by atoms with Crippen LogP contribution in [0.15, 0.2) is 83.3 Å². The van der Waals surface area contributed by atoms with Crippen molar-refractivity contribution in [1.82, 2.24) is 9.97 Å². The molecular weight excluding hydrogens is 344 g/mol. The number of hydrogen-bond acceptors (Lipinski definition) is 3. The van der Waals surface area contributed by atoms with Crippen LogP contribution in [0.4, 0.5) is 0 Å². The summed E-state index contributed by atoms with van der Waals surface area (Å²) in [7, 11) is 0. The largest absolute Gasteiger partial charge is 0.438 e. The number of furan rings is 1. The smallest absolute Gasteiger partial charge is 0.232 e. The van der Waals surface area contributed by atoms with Crippen molar-refractivity contribution in [3.05, 3.63) is 84.1 Å². The number of hydrogen-bond donors (Lipinski definition) is 0. The maximum atomic E-state index is 6.15. The molecule has 5 aromatic rings. The average molecular weight is 357 g/mol. The Balaban J connectivity index is 1.71. The standard InChI is InChI=1S/C22H13ClN2O/c23-22-24-20(19-17-8-4-5-9-18(17)26-21(19)25-22)16-12-10-15(11-13-16)14-6-2-1-3-7-14/h1-13H. The summed E-state index contributed by atoms with van der Waals surface area (Å²) in [6.07, 6.45) is 0. The Labute approximate surface area is 154 Å². The lowest BCUT2D eigenvalue weighted by atomic mass is 10.0. The first kappa shape index (κ1) is 15.1. The number of para-hydroxylation sites is 1. The van der Waals surface area contributed by atoms with Gasteiger partial charge in [0.15, 0.2) is 0 Å². The van der Waals surface area contributed by atoms with Crippen molar-refractivity contribution in [1.29, 1.82) is 0 Å². The highest BCUT2D eigenvalue weighted by molar-refractivity contribution is 6.29. The van der Waals surface area contributed by atoms with Crippen molar-refractivity contribution >= 4 is 33.7 Å². The minimum atomic E-state index is 0.179. The first-order valence-electron chi connectivity index (χ1n) is 8.30. The van der Waals surface area contributed by atoms with E-state index in [0.29, 0.717) is 5.71 Å². The molecule has 5 rings (SSSR count). The lowest BCUT2D eigenvalue weighted by Crippen LogP contribution is -1.89. The minimum Gasteiger partial charge on any atom is -0.438 e. The van der Waals surface area contributed by atoms with Gasteiger partial charge in [-0.2, -0.15) is 4.98 Å². The van der Waals surface area contributed by atoms with Crippen LogP contribution >= 0.6 is 11.6 Å². The number of halogens is 1. The molecule has 0 N–H and O–H groups in total. The van der Waals surface area contributed by atoms with Crippen molar-refractivity contribution in [2.45, 2.75) is 0 Å². The van der Waals surface area contributed by atoms with Crippen molar-refractivity contribution in [2.24, 2.45) is 0 Å². The van der Waals surface area contributed by atoms with Crippen LogP contribution in [0.25, 0.3) is 44.5 Å². The normalized spacial score (nSPS) is 11.3. The van der Waals surface area contributed by atoms with Gasteiger partial charge < -0.3 is 4.42 Å². The molecule has 0 fully saturated rings. The molecule has 0 unspecified atom stereocenters. The van der Waals surface area contributed by atoms with Gasteiger partial charge in [0.1, 0.15) is 5.58 Å². The molecular formula is C22H13ClN2O. The summed E-state index contributed by atoms with van der Waals surface area (Å²) in [4.78, 5) is 8.74. The van der Waals surface area contributed by atoms with Gasteiger partial charge >= 0.3 is 0 Å². The SMILES string of the molecule is Clc1nc(-c2ccc(-c3ccccc3)cc2)c2c(n1)oc1ccccc12. The molecule has 26 heavy (non-hydrogen) atoms. The van der Waals surface area contributed by atoms with Crippen molar-refractivity contribution in [3.8, 4) is 22.4 Å². The Morgan fingerprint density at radius 2 is 1.31 bits per heavy atom. The van der Waals surface area contributed by atoms with E-state index in [4.69, 9.17) is 16.0 Å². The first-order valence-corrected chi connectivity index (χ1v) is 8.68. The van der Waals surface area contributed by atoms with E-state index in [0.717, 1.165) is 33.2 Å². The average Bonchev–Trinajstić information content (AvgIpc) is 3.06. The summed E-state index contributed by atoms with van der Waals surface area (Å²) in [6, 6.07) is 26.4. The summed E-state index contributed by atoms with van der Waals surface area (Å²) < 4.78 is 5.85. The Morgan fingerprint density at radius 3 is 2.12 bits per heavy atom. The second-order valence-corrected chi connectivity index (χ2v) is 6.40. The molecule has 2 heterocycles. The van der Waals surface area contributed by atoms with Crippen LogP contribution in [0.1, 0.15) is 0 Å². The second-order valence-electron chi connectivity index (χ2n) is 6.06. The third-order valence-corrected chi connectivity index (χ3v) is 4.65. The molecule has 0 saturated heterocycles. The Morgan fingerprint density at radius 1 is 0.654 bits per heavy atom. The molecule has 0 aliphatic carbocycles. The molecule has 3 nitrogen and oxygen atoms in total. The number of aromatic nitrogens is 2. The number of rotatable bonds is 2. The van der Waals surface area contributed by atoms with E-state index in [9.17, 15) is 0 Å². The molecule has 2 aromatic heterocycles. The van der Waals surface area contributed by atoms with Crippen molar-refractivity contribution in [2.75, 3.05) is 0 Å². The number of nitrogens with zero attached hydrogens (tertiary/aromatic N) is 2. The third-order valence-electron chi connectivity index (χ3n) is 4.48. The zero-order valence-electron chi connectivity index (χ0n) is 13.7. The molecule has 3 aromatic carbocycles. The molecule has 0 amide bonds. The van der Waals surface area contributed by atoms with Gasteiger partial charge in [-0.25, -0.2) is 4.98 Å². The molecule has 0 aliphatic rings. The van der Waals surface area contributed by atoms with Gasteiger partial charge in [-0.15, -0.1) is 0 Å². The number of benzene rings is 3. The van der Waals surface area contributed by atoms with Crippen LogP contribution < -0.4 is 0 Å². The van der Waals surface area contributed by atoms with Gasteiger partial charge in [0, 0.05) is 10.9 Å². The fourth-order valence-electron chi connectivity index (χ4n) is 3.26. The van der Waals surface area contributed by atoms with E-state index in [1.54, 1.807) is 0 Å². The van der Waals surface area contributed by atoms with Crippen LogP contribution in [-0.4, -0.2) is 9.97 Å². The van der Waals surface area contributed by atoms with Gasteiger partial charge in [0.2, 0.25) is 11.0 Å². The molecule has 0 radical (unpaired) electrons. The van der Waals surface area contributed by atoms with E-state index in [1.807, 2.05) is 42.5 Å². The zero-order chi connectivity index (χ0) is 17.5. The Bertz CT molecular complexity index is 1230. The fourth-order valence-corrected chi connectivity index (χ4v) is 3.42. The number of fused-ring (bicyclic) bond motifs is 3. The molecule has 0 bridgehead atoms.